The molecule has 0 saturated heterocycles. The van der Waals surface area contributed by atoms with Gasteiger partial charge in [-0.2, -0.15) is 0 Å². The van der Waals surface area contributed by atoms with E-state index in [1.165, 1.54) is 0 Å². The van der Waals surface area contributed by atoms with Crippen molar-refractivity contribution in [3.05, 3.63) is 54.5 Å². The summed E-state index contributed by atoms with van der Waals surface area (Å²) in [7, 11) is 1.78. The monoisotopic (exact) mass is 300 g/mol. The summed E-state index contributed by atoms with van der Waals surface area (Å²) in [5.74, 6) is 1.81. The van der Waals surface area contributed by atoms with Crippen LogP contribution >= 0.6 is 0 Å². The zero-order chi connectivity index (χ0) is 15.5. The van der Waals surface area contributed by atoms with Crippen LogP contribution in [0, 0.1) is 0 Å². The average molecular weight is 300 g/mol. The number of nitrogens with one attached hydrogen (secondary N) is 3. The van der Waals surface area contributed by atoms with Gasteiger partial charge in [0.2, 0.25) is 0 Å². The predicted octanol–water partition coefficient (Wildman–Crippen LogP) is 2.49. The molecule has 118 valence electrons. The Bertz CT molecular complexity index is 537. The normalized spacial score (nSPS) is 11.2. The first-order valence-electron chi connectivity index (χ1n) is 7.64. The number of aliphatic imine (C=N–C) groups is 1. The lowest BCUT2D eigenvalue weighted by molar-refractivity contribution is 0.507. The van der Waals surface area contributed by atoms with Crippen LogP contribution in [0.15, 0.2) is 58.1 Å². The molecule has 0 amide bonds. The molecule has 0 saturated carbocycles. The molecule has 0 unspecified atom stereocenters. The minimum atomic E-state index is 0.801. The van der Waals surface area contributed by atoms with E-state index in [-0.39, 0.29) is 0 Å². The highest BCUT2D eigenvalue weighted by molar-refractivity contribution is 5.79. The molecule has 22 heavy (non-hydrogen) atoms. The zero-order valence-corrected chi connectivity index (χ0v) is 13.0. The molecular weight excluding hydrogens is 276 g/mol. The first kappa shape index (κ1) is 15.9. The highest BCUT2D eigenvalue weighted by atomic mass is 16.3. The van der Waals surface area contributed by atoms with Gasteiger partial charge in [-0.1, -0.05) is 18.2 Å². The summed E-state index contributed by atoms with van der Waals surface area (Å²) in [5, 5.41) is 9.96. The molecule has 0 fully saturated rings. The second kappa shape index (κ2) is 9.50. The summed E-state index contributed by atoms with van der Waals surface area (Å²) >= 11 is 0. The van der Waals surface area contributed by atoms with Gasteiger partial charge in [-0.3, -0.25) is 4.99 Å². The number of hydrogen-bond donors (Lipinski definition) is 3. The fourth-order valence-corrected chi connectivity index (χ4v) is 2.06. The molecule has 1 heterocycles. The van der Waals surface area contributed by atoms with Crippen LogP contribution in [0.2, 0.25) is 0 Å². The lowest BCUT2D eigenvalue weighted by atomic mass is 10.3. The number of para-hydroxylation sites is 1. The smallest absolute Gasteiger partial charge is 0.190 e. The van der Waals surface area contributed by atoms with E-state index in [0.29, 0.717) is 0 Å². The van der Waals surface area contributed by atoms with Gasteiger partial charge in [0.25, 0.3) is 0 Å². The van der Waals surface area contributed by atoms with Crippen molar-refractivity contribution in [2.24, 2.45) is 4.99 Å². The zero-order valence-electron chi connectivity index (χ0n) is 13.0. The Morgan fingerprint density at radius 1 is 1.00 bits per heavy atom. The number of benzene rings is 1. The van der Waals surface area contributed by atoms with Crippen LogP contribution in [0.3, 0.4) is 0 Å². The summed E-state index contributed by atoms with van der Waals surface area (Å²) in [6.45, 7) is 2.61. The molecule has 1 aromatic carbocycles. The number of furan rings is 1. The molecular formula is C17H24N4O. The van der Waals surface area contributed by atoms with Crippen molar-refractivity contribution in [2.45, 2.75) is 12.8 Å². The second-order valence-corrected chi connectivity index (χ2v) is 4.90. The van der Waals surface area contributed by atoms with Crippen LogP contribution < -0.4 is 16.0 Å². The molecule has 0 bridgehead atoms. The summed E-state index contributed by atoms with van der Waals surface area (Å²) in [6, 6.07) is 14.1. The summed E-state index contributed by atoms with van der Waals surface area (Å²) < 4.78 is 5.30. The van der Waals surface area contributed by atoms with E-state index < -0.39 is 0 Å². The fraction of sp³-hybridized carbons (Fsp3) is 0.353. The van der Waals surface area contributed by atoms with Gasteiger partial charge in [-0.15, -0.1) is 0 Å². The van der Waals surface area contributed by atoms with Gasteiger partial charge in [-0.25, -0.2) is 0 Å². The molecule has 0 spiro atoms. The van der Waals surface area contributed by atoms with Crippen molar-refractivity contribution in [3.8, 4) is 0 Å². The quantitative estimate of drug-likeness (QED) is 0.398. The van der Waals surface area contributed by atoms with Crippen molar-refractivity contribution in [1.29, 1.82) is 0 Å². The maximum absolute atomic E-state index is 5.30. The minimum Gasteiger partial charge on any atom is -0.469 e. The molecule has 0 radical (unpaired) electrons. The number of hydrogen-bond acceptors (Lipinski definition) is 3. The largest absolute Gasteiger partial charge is 0.469 e. The molecule has 0 aliphatic heterocycles. The molecule has 0 aliphatic rings. The van der Waals surface area contributed by atoms with Crippen LogP contribution in [0.1, 0.15) is 12.2 Å². The molecule has 3 N–H and O–H groups in total. The first-order chi connectivity index (χ1) is 10.9. The third-order valence-electron chi connectivity index (χ3n) is 3.22. The van der Waals surface area contributed by atoms with Crippen molar-refractivity contribution < 1.29 is 4.42 Å². The third-order valence-corrected chi connectivity index (χ3v) is 3.22. The Morgan fingerprint density at radius 2 is 1.82 bits per heavy atom. The van der Waals surface area contributed by atoms with Crippen LogP contribution in [-0.2, 0) is 6.42 Å². The van der Waals surface area contributed by atoms with Gasteiger partial charge in [0.05, 0.1) is 6.26 Å². The number of guanidine groups is 1. The topological polar surface area (TPSA) is 61.6 Å². The standard InChI is InChI=1S/C17H24N4O/c1-18-17(21-13-10-16-9-5-14-22-16)20-12-6-11-19-15-7-3-2-4-8-15/h2-5,7-9,14,19H,6,10-13H2,1H3,(H2,18,20,21). The van der Waals surface area contributed by atoms with E-state index in [1.54, 1.807) is 13.3 Å². The maximum Gasteiger partial charge on any atom is 0.190 e. The van der Waals surface area contributed by atoms with Gasteiger partial charge in [0.15, 0.2) is 5.96 Å². The lowest BCUT2D eigenvalue weighted by Crippen LogP contribution is -2.39. The highest BCUT2D eigenvalue weighted by Crippen LogP contribution is 2.04. The molecule has 0 atom stereocenters. The van der Waals surface area contributed by atoms with Crippen molar-refractivity contribution in [1.82, 2.24) is 10.6 Å². The Labute approximate surface area is 131 Å². The second-order valence-electron chi connectivity index (χ2n) is 4.90. The lowest BCUT2D eigenvalue weighted by Gasteiger charge is -2.12. The minimum absolute atomic E-state index is 0.801. The number of nitrogens with zero attached hydrogens (tertiary/aromatic N) is 1. The number of anilines is 1. The van der Waals surface area contributed by atoms with Crippen LogP contribution in [0.5, 0.6) is 0 Å². The Balaban J connectivity index is 1.54. The summed E-state index contributed by atoms with van der Waals surface area (Å²) in [4.78, 5) is 4.21. The molecule has 1 aromatic heterocycles. The predicted molar refractivity (Wildman–Crippen MR) is 91.3 cm³/mol. The van der Waals surface area contributed by atoms with Crippen LogP contribution in [0.4, 0.5) is 5.69 Å². The molecule has 2 rings (SSSR count). The fourth-order valence-electron chi connectivity index (χ4n) is 2.06. The molecule has 0 aliphatic carbocycles. The average Bonchev–Trinajstić information content (AvgIpc) is 3.07. The van der Waals surface area contributed by atoms with E-state index in [2.05, 4.69) is 33.1 Å². The van der Waals surface area contributed by atoms with Crippen LogP contribution in [-0.4, -0.2) is 32.6 Å². The third kappa shape index (κ3) is 5.91. The van der Waals surface area contributed by atoms with Gasteiger partial charge < -0.3 is 20.4 Å². The van der Waals surface area contributed by atoms with Gasteiger partial charge in [-0.05, 0) is 30.7 Å². The van der Waals surface area contributed by atoms with Crippen molar-refractivity contribution in [2.75, 3.05) is 32.0 Å². The van der Waals surface area contributed by atoms with Gasteiger partial charge in [0.1, 0.15) is 5.76 Å². The summed E-state index contributed by atoms with van der Waals surface area (Å²) in [6.07, 6.45) is 3.57. The Morgan fingerprint density at radius 3 is 2.55 bits per heavy atom. The Hall–Kier alpha value is -2.43. The molecule has 2 aromatic rings. The van der Waals surface area contributed by atoms with Gasteiger partial charge >= 0.3 is 0 Å². The molecule has 5 heteroatoms. The van der Waals surface area contributed by atoms with Crippen molar-refractivity contribution >= 4 is 11.6 Å². The highest BCUT2D eigenvalue weighted by Gasteiger charge is 1.99. The van der Waals surface area contributed by atoms with Crippen molar-refractivity contribution in [3.63, 3.8) is 0 Å². The maximum atomic E-state index is 5.30. The van der Waals surface area contributed by atoms with E-state index in [4.69, 9.17) is 4.42 Å². The summed E-state index contributed by atoms with van der Waals surface area (Å²) in [5.41, 5.74) is 1.16. The number of rotatable bonds is 8. The first-order valence-corrected chi connectivity index (χ1v) is 7.64. The SMILES string of the molecule is CN=C(NCCCNc1ccccc1)NCCc1ccco1. The van der Waals surface area contributed by atoms with E-state index in [0.717, 1.165) is 49.9 Å². The van der Waals surface area contributed by atoms with E-state index in [9.17, 15) is 0 Å². The van der Waals surface area contributed by atoms with E-state index >= 15 is 0 Å². The van der Waals surface area contributed by atoms with Gasteiger partial charge in [0, 0.05) is 38.8 Å². The Kier molecular flexibility index (Phi) is 6.88. The van der Waals surface area contributed by atoms with Crippen LogP contribution in [0.25, 0.3) is 0 Å². The van der Waals surface area contributed by atoms with E-state index in [1.807, 2.05) is 30.3 Å². The molecule has 5 nitrogen and oxygen atoms in total.